The van der Waals surface area contributed by atoms with Crippen LogP contribution in [-0.4, -0.2) is 39.0 Å². The van der Waals surface area contributed by atoms with Gasteiger partial charge in [-0.05, 0) is 55.7 Å². The molecule has 2 aromatic rings. The van der Waals surface area contributed by atoms with Crippen LogP contribution in [0.15, 0.2) is 34.2 Å². The number of halogens is 1. The summed E-state index contributed by atoms with van der Waals surface area (Å²) in [4.78, 5) is 14.7. The zero-order chi connectivity index (χ0) is 17.1. The van der Waals surface area contributed by atoms with E-state index in [9.17, 15) is 9.90 Å². The Morgan fingerprint density at radius 2 is 1.88 bits per heavy atom. The van der Waals surface area contributed by atoms with E-state index >= 15 is 0 Å². The Kier molecular flexibility index (Phi) is 5.01. The SMILES string of the molecule is O=c1[nH]c(=S)n(-c2ccc(Cl)cc2)c(O)c1C=NN1CCCCC1. The molecule has 0 radical (unpaired) electrons. The maximum Gasteiger partial charge on any atom is 0.264 e. The van der Waals surface area contributed by atoms with Gasteiger partial charge >= 0.3 is 0 Å². The van der Waals surface area contributed by atoms with Crippen molar-refractivity contribution in [1.82, 2.24) is 14.6 Å². The lowest BCUT2D eigenvalue weighted by molar-refractivity contribution is 0.240. The molecule has 0 bridgehead atoms. The largest absolute Gasteiger partial charge is 0.494 e. The first kappa shape index (κ1) is 16.7. The average molecular weight is 365 g/mol. The fourth-order valence-electron chi connectivity index (χ4n) is 2.62. The monoisotopic (exact) mass is 364 g/mol. The van der Waals surface area contributed by atoms with Gasteiger partial charge < -0.3 is 5.11 Å². The number of rotatable bonds is 3. The number of hydrogen-bond acceptors (Lipinski definition) is 5. The molecule has 1 aromatic heterocycles. The minimum Gasteiger partial charge on any atom is -0.494 e. The third kappa shape index (κ3) is 3.52. The van der Waals surface area contributed by atoms with E-state index in [1.165, 1.54) is 17.2 Å². The lowest BCUT2D eigenvalue weighted by Gasteiger charge is -2.23. The van der Waals surface area contributed by atoms with Crippen molar-refractivity contribution in [3.63, 3.8) is 0 Å². The van der Waals surface area contributed by atoms with Gasteiger partial charge in [-0.25, -0.2) is 0 Å². The first-order valence-corrected chi connectivity index (χ1v) is 8.48. The average Bonchev–Trinajstić information content (AvgIpc) is 2.57. The third-order valence-electron chi connectivity index (χ3n) is 3.89. The zero-order valence-corrected chi connectivity index (χ0v) is 14.5. The van der Waals surface area contributed by atoms with Gasteiger partial charge in [0.15, 0.2) is 4.77 Å². The summed E-state index contributed by atoms with van der Waals surface area (Å²) in [6.07, 6.45) is 4.74. The molecule has 0 atom stereocenters. The number of aromatic nitrogens is 2. The highest BCUT2D eigenvalue weighted by Crippen LogP contribution is 2.20. The fraction of sp³-hybridized carbons (Fsp3) is 0.312. The van der Waals surface area contributed by atoms with Gasteiger partial charge in [-0.2, -0.15) is 5.10 Å². The normalized spacial score (nSPS) is 15.1. The van der Waals surface area contributed by atoms with Crippen LogP contribution in [-0.2, 0) is 0 Å². The third-order valence-corrected chi connectivity index (χ3v) is 4.42. The van der Waals surface area contributed by atoms with E-state index in [-0.39, 0.29) is 16.2 Å². The summed E-state index contributed by atoms with van der Waals surface area (Å²) in [5.74, 6) is -0.244. The van der Waals surface area contributed by atoms with Crippen molar-refractivity contribution in [2.24, 2.45) is 5.10 Å². The highest BCUT2D eigenvalue weighted by Gasteiger charge is 2.13. The van der Waals surface area contributed by atoms with Crippen molar-refractivity contribution in [1.29, 1.82) is 0 Å². The molecule has 3 rings (SSSR count). The Labute approximate surface area is 149 Å². The number of nitrogens with zero attached hydrogens (tertiary/aromatic N) is 3. The van der Waals surface area contributed by atoms with Crippen molar-refractivity contribution in [3.8, 4) is 11.6 Å². The van der Waals surface area contributed by atoms with E-state index in [0.717, 1.165) is 25.9 Å². The summed E-state index contributed by atoms with van der Waals surface area (Å²) in [7, 11) is 0. The maximum atomic E-state index is 12.1. The lowest BCUT2D eigenvalue weighted by atomic mass is 10.2. The number of nitrogens with one attached hydrogen (secondary N) is 1. The van der Waals surface area contributed by atoms with Crippen LogP contribution in [0.2, 0.25) is 5.02 Å². The molecule has 0 saturated carbocycles. The van der Waals surface area contributed by atoms with E-state index < -0.39 is 5.56 Å². The van der Waals surface area contributed by atoms with Crippen molar-refractivity contribution < 1.29 is 5.11 Å². The molecule has 0 unspecified atom stereocenters. The summed E-state index contributed by atoms with van der Waals surface area (Å²) in [6, 6.07) is 6.79. The molecule has 8 heteroatoms. The Morgan fingerprint density at radius 3 is 2.54 bits per heavy atom. The van der Waals surface area contributed by atoms with E-state index in [0.29, 0.717) is 10.7 Å². The van der Waals surface area contributed by atoms with Gasteiger partial charge in [0.05, 0.1) is 11.9 Å². The highest BCUT2D eigenvalue weighted by atomic mass is 35.5. The predicted molar refractivity (Wildman–Crippen MR) is 96.9 cm³/mol. The number of hydrazone groups is 1. The number of aromatic hydroxyl groups is 1. The van der Waals surface area contributed by atoms with Gasteiger partial charge in [0.1, 0.15) is 5.56 Å². The molecule has 24 heavy (non-hydrogen) atoms. The van der Waals surface area contributed by atoms with Gasteiger partial charge in [0.2, 0.25) is 5.88 Å². The van der Waals surface area contributed by atoms with Crippen LogP contribution in [0.4, 0.5) is 0 Å². The molecule has 1 saturated heterocycles. The molecular weight excluding hydrogens is 348 g/mol. The molecule has 6 nitrogen and oxygen atoms in total. The number of hydrogen-bond donors (Lipinski definition) is 2. The molecule has 2 N–H and O–H groups in total. The Morgan fingerprint density at radius 1 is 1.21 bits per heavy atom. The molecule has 0 aliphatic carbocycles. The van der Waals surface area contributed by atoms with Gasteiger partial charge in [-0.1, -0.05) is 11.6 Å². The molecule has 1 aliphatic rings. The molecule has 0 amide bonds. The van der Waals surface area contributed by atoms with Crippen LogP contribution in [0, 0.1) is 4.77 Å². The summed E-state index contributed by atoms with van der Waals surface area (Å²) in [6.45, 7) is 1.71. The van der Waals surface area contributed by atoms with E-state index in [2.05, 4.69) is 10.1 Å². The highest BCUT2D eigenvalue weighted by molar-refractivity contribution is 7.71. The number of benzene rings is 1. The van der Waals surface area contributed by atoms with Gasteiger partial charge in [-0.3, -0.25) is 19.4 Å². The molecule has 2 heterocycles. The van der Waals surface area contributed by atoms with Crippen LogP contribution in [0.1, 0.15) is 24.8 Å². The second kappa shape index (κ2) is 7.19. The number of piperidine rings is 1. The Hall–Kier alpha value is -2.12. The summed E-state index contributed by atoms with van der Waals surface area (Å²) >= 11 is 11.1. The van der Waals surface area contributed by atoms with Gasteiger partial charge in [0, 0.05) is 18.1 Å². The molecule has 126 valence electrons. The first-order chi connectivity index (χ1) is 11.6. The topological polar surface area (TPSA) is 73.6 Å². The van der Waals surface area contributed by atoms with Crippen molar-refractivity contribution in [3.05, 3.63) is 50.0 Å². The molecule has 1 fully saturated rings. The smallest absolute Gasteiger partial charge is 0.264 e. The van der Waals surface area contributed by atoms with E-state index in [4.69, 9.17) is 23.8 Å². The first-order valence-electron chi connectivity index (χ1n) is 7.69. The number of H-pyrrole nitrogens is 1. The Bertz CT molecular complexity index is 867. The van der Waals surface area contributed by atoms with Gasteiger partial charge in [-0.15, -0.1) is 0 Å². The van der Waals surface area contributed by atoms with Crippen LogP contribution >= 0.6 is 23.8 Å². The van der Waals surface area contributed by atoms with Gasteiger partial charge in [0.25, 0.3) is 5.56 Å². The fourth-order valence-corrected chi connectivity index (χ4v) is 3.03. The summed E-state index contributed by atoms with van der Waals surface area (Å²) in [5.41, 5.74) is 0.207. The van der Waals surface area contributed by atoms with Crippen molar-refractivity contribution in [2.45, 2.75) is 19.3 Å². The molecule has 0 spiro atoms. The molecule has 1 aliphatic heterocycles. The van der Waals surface area contributed by atoms with Crippen molar-refractivity contribution >= 4 is 30.0 Å². The Balaban J connectivity index is 2.02. The van der Waals surface area contributed by atoms with Crippen LogP contribution in [0.3, 0.4) is 0 Å². The summed E-state index contributed by atoms with van der Waals surface area (Å²) < 4.78 is 1.49. The zero-order valence-electron chi connectivity index (χ0n) is 12.9. The quantitative estimate of drug-likeness (QED) is 0.648. The van der Waals surface area contributed by atoms with Crippen LogP contribution < -0.4 is 5.56 Å². The predicted octanol–water partition coefficient (Wildman–Crippen LogP) is 3.07. The molecule has 1 aromatic carbocycles. The second-order valence-electron chi connectivity index (χ2n) is 5.57. The van der Waals surface area contributed by atoms with Crippen LogP contribution in [0.5, 0.6) is 5.88 Å². The number of aromatic amines is 1. The minimum absolute atomic E-state index is 0.0733. The second-order valence-corrected chi connectivity index (χ2v) is 6.39. The molecular formula is C16H17ClN4O2S. The van der Waals surface area contributed by atoms with E-state index in [1.807, 2.05) is 5.01 Å². The summed E-state index contributed by atoms with van der Waals surface area (Å²) in [5, 5.41) is 17.3. The lowest BCUT2D eigenvalue weighted by Crippen LogP contribution is -2.25. The van der Waals surface area contributed by atoms with Crippen molar-refractivity contribution in [2.75, 3.05) is 13.1 Å². The standard InChI is InChI=1S/C16H17ClN4O2S/c17-11-4-6-12(7-5-11)21-15(23)13(14(22)19-16(21)24)10-18-20-8-2-1-3-9-20/h4-7,10,23H,1-3,8-9H2,(H,19,22,24). The van der Waals surface area contributed by atoms with E-state index in [1.54, 1.807) is 24.3 Å². The minimum atomic E-state index is -0.469. The van der Waals surface area contributed by atoms with Crippen LogP contribution in [0.25, 0.3) is 5.69 Å². The maximum absolute atomic E-state index is 12.1.